The van der Waals surface area contributed by atoms with E-state index in [-0.39, 0.29) is 0 Å². The molecule has 0 saturated heterocycles. The molecule has 1 aromatic carbocycles. The molecule has 0 amide bonds. The summed E-state index contributed by atoms with van der Waals surface area (Å²) in [5.41, 5.74) is 3.02. The van der Waals surface area contributed by atoms with Gasteiger partial charge in [0.25, 0.3) is 0 Å². The molecule has 74 valence electrons. The van der Waals surface area contributed by atoms with Crippen LogP contribution in [-0.2, 0) is 0 Å². The van der Waals surface area contributed by atoms with Crippen molar-refractivity contribution in [2.75, 3.05) is 0 Å². The van der Waals surface area contributed by atoms with Crippen LogP contribution in [0.3, 0.4) is 0 Å². The molecule has 1 nitrogen and oxygen atoms in total. The van der Waals surface area contributed by atoms with E-state index >= 15 is 0 Å². The SMILES string of the molecule is C#Cc1cc(C)ccc1-c1ccc(C)o1. The van der Waals surface area contributed by atoms with Gasteiger partial charge in [-0.15, -0.1) is 6.42 Å². The van der Waals surface area contributed by atoms with Gasteiger partial charge in [-0.3, -0.25) is 0 Å². The molecule has 0 saturated carbocycles. The van der Waals surface area contributed by atoms with Crippen molar-refractivity contribution >= 4 is 0 Å². The van der Waals surface area contributed by atoms with Gasteiger partial charge in [0.2, 0.25) is 0 Å². The third kappa shape index (κ3) is 1.80. The van der Waals surface area contributed by atoms with E-state index in [0.29, 0.717) is 0 Å². The predicted octanol–water partition coefficient (Wildman–Crippen LogP) is 3.54. The van der Waals surface area contributed by atoms with Crippen LogP contribution in [0.15, 0.2) is 34.7 Å². The average Bonchev–Trinajstić information content (AvgIpc) is 2.64. The summed E-state index contributed by atoms with van der Waals surface area (Å²) in [4.78, 5) is 0. The molecule has 0 aliphatic heterocycles. The molecule has 0 atom stereocenters. The van der Waals surface area contributed by atoms with Crippen LogP contribution < -0.4 is 0 Å². The molecule has 2 rings (SSSR count). The van der Waals surface area contributed by atoms with Crippen molar-refractivity contribution in [2.24, 2.45) is 0 Å². The lowest BCUT2D eigenvalue weighted by molar-refractivity contribution is 0.548. The van der Waals surface area contributed by atoms with E-state index in [1.54, 1.807) is 0 Å². The first-order valence-electron chi connectivity index (χ1n) is 4.85. The average molecular weight is 196 g/mol. The fraction of sp³-hybridized carbons (Fsp3) is 0.143. The molecule has 0 radical (unpaired) electrons. The highest BCUT2D eigenvalue weighted by Gasteiger charge is 2.06. The lowest BCUT2D eigenvalue weighted by atomic mass is 10.0. The number of hydrogen-bond donors (Lipinski definition) is 0. The second-order valence-corrected chi connectivity index (χ2v) is 3.60. The van der Waals surface area contributed by atoms with E-state index in [1.165, 1.54) is 0 Å². The smallest absolute Gasteiger partial charge is 0.135 e. The van der Waals surface area contributed by atoms with Crippen molar-refractivity contribution in [1.82, 2.24) is 0 Å². The molecule has 0 bridgehead atoms. The van der Waals surface area contributed by atoms with Crippen LogP contribution in [0, 0.1) is 26.2 Å². The third-order valence-corrected chi connectivity index (χ3v) is 2.34. The number of terminal acetylenes is 1. The summed E-state index contributed by atoms with van der Waals surface area (Å²) >= 11 is 0. The Labute approximate surface area is 89.7 Å². The summed E-state index contributed by atoms with van der Waals surface area (Å²) in [5, 5.41) is 0. The van der Waals surface area contributed by atoms with Gasteiger partial charge < -0.3 is 4.42 Å². The zero-order chi connectivity index (χ0) is 10.8. The highest BCUT2D eigenvalue weighted by atomic mass is 16.3. The molecule has 1 aromatic heterocycles. The van der Waals surface area contributed by atoms with Gasteiger partial charge in [-0.05, 0) is 43.7 Å². The van der Waals surface area contributed by atoms with Crippen LogP contribution in [0.25, 0.3) is 11.3 Å². The first-order valence-corrected chi connectivity index (χ1v) is 4.85. The van der Waals surface area contributed by atoms with E-state index < -0.39 is 0 Å². The molecule has 1 heteroatoms. The molecule has 0 aliphatic rings. The summed E-state index contributed by atoms with van der Waals surface area (Å²) in [6.07, 6.45) is 5.47. The molecule has 0 N–H and O–H groups in total. The van der Waals surface area contributed by atoms with Gasteiger partial charge in [0, 0.05) is 11.1 Å². The lowest BCUT2D eigenvalue weighted by Gasteiger charge is -2.02. The monoisotopic (exact) mass is 196 g/mol. The fourth-order valence-corrected chi connectivity index (χ4v) is 1.57. The van der Waals surface area contributed by atoms with Crippen LogP contribution in [-0.4, -0.2) is 0 Å². The Morgan fingerprint density at radius 1 is 1.13 bits per heavy atom. The summed E-state index contributed by atoms with van der Waals surface area (Å²) in [6.45, 7) is 3.95. The number of hydrogen-bond acceptors (Lipinski definition) is 1. The number of aryl methyl sites for hydroxylation is 2. The van der Waals surface area contributed by atoms with Crippen molar-refractivity contribution in [3.05, 3.63) is 47.2 Å². The van der Waals surface area contributed by atoms with Crippen molar-refractivity contribution in [3.8, 4) is 23.7 Å². The Kier molecular flexibility index (Phi) is 2.35. The minimum absolute atomic E-state index is 0.834. The van der Waals surface area contributed by atoms with Gasteiger partial charge in [0.1, 0.15) is 11.5 Å². The Balaban J connectivity index is 2.58. The quantitative estimate of drug-likeness (QED) is 0.636. The van der Waals surface area contributed by atoms with E-state index in [2.05, 4.69) is 5.92 Å². The highest BCUT2D eigenvalue weighted by molar-refractivity contribution is 5.67. The first-order chi connectivity index (χ1) is 7.20. The van der Waals surface area contributed by atoms with Gasteiger partial charge in [-0.25, -0.2) is 0 Å². The second kappa shape index (κ2) is 3.67. The van der Waals surface area contributed by atoms with E-state index in [9.17, 15) is 0 Å². The van der Waals surface area contributed by atoms with E-state index in [4.69, 9.17) is 10.8 Å². The Hall–Kier alpha value is -1.94. The third-order valence-electron chi connectivity index (χ3n) is 2.34. The lowest BCUT2D eigenvalue weighted by Crippen LogP contribution is -1.83. The summed E-state index contributed by atoms with van der Waals surface area (Å²) in [7, 11) is 0. The molecule has 0 unspecified atom stereocenters. The molecular weight excluding hydrogens is 184 g/mol. The number of furan rings is 1. The Morgan fingerprint density at radius 3 is 2.53 bits per heavy atom. The van der Waals surface area contributed by atoms with Gasteiger partial charge in [0.05, 0.1) is 0 Å². The maximum absolute atomic E-state index is 5.56. The van der Waals surface area contributed by atoms with Gasteiger partial charge in [0.15, 0.2) is 0 Å². The summed E-state index contributed by atoms with van der Waals surface area (Å²) < 4.78 is 5.56. The first kappa shape index (κ1) is 9.61. The van der Waals surface area contributed by atoms with Gasteiger partial charge >= 0.3 is 0 Å². The zero-order valence-electron chi connectivity index (χ0n) is 8.87. The van der Waals surface area contributed by atoms with Crippen molar-refractivity contribution in [3.63, 3.8) is 0 Å². The predicted molar refractivity (Wildman–Crippen MR) is 61.6 cm³/mol. The van der Waals surface area contributed by atoms with Crippen LogP contribution >= 0.6 is 0 Å². The molecule has 0 fully saturated rings. The normalized spacial score (nSPS) is 9.93. The molecular formula is C14H12O. The van der Waals surface area contributed by atoms with Crippen LogP contribution in [0.4, 0.5) is 0 Å². The molecule has 15 heavy (non-hydrogen) atoms. The molecule has 0 aliphatic carbocycles. The molecule has 0 spiro atoms. The number of rotatable bonds is 1. The Morgan fingerprint density at radius 2 is 1.93 bits per heavy atom. The largest absolute Gasteiger partial charge is 0.461 e. The molecule has 1 heterocycles. The highest BCUT2D eigenvalue weighted by Crippen LogP contribution is 2.25. The van der Waals surface area contributed by atoms with Gasteiger partial charge in [-0.1, -0.05) is 12.0 Å². The maximum atomic E-state index is 5.56. The summed E-state index contributed by atoms with van der Waals surface area (Å²) in [5.74, 6) is 4.41. The van der Waals surface area contributed by atoms with Crippen molar-refractivity contribution in [1.29, 1.82) is 0 Å². The van der Waals surface area contributed by atoms with Crippen LogP contribution in [0.5, 0.6) is 0 Å². The second-order valence-electron chi connectivity index (χ2n) is 3.60. The number of benzene rings is 1. The minimum atomic E-state index is 0.834. The molecule has 2 aromatic rings. The van der Waals surface area contributed by atoms with Crippen molar-refractivity contribution in [2.45, 2.75) is 13.8 Å². The van der Waals surface area contributed by atoms with E-state index in [1.807, 2.05) is 44.2 Å². The maximum Gasteiger partial charge on any atom is 0.135 e. The zero-order valence-corrected chi connectivity index (χ0v) is 8.87. The van der Waals surface area contributed by atoms with Crippen LogP contribution in [0.1, 0.15) is 16.9 Å². The van der Waals surface area contributed by atoms with Crippen LogP contribution in [0.2, 0.25) is 0 Å². The van der Waals surface area contributed by atoms with Gasteiger partial charge in [-0.2, -0.15) is 0 Å². The fourth-order valence-electron chi connectivity index (χ4n) is 1.57. The van der Waals surface area contributed by atoms with Crippen molar-refractivity contribution < 1.29 is 4.42 Å². The standard InChI is InChI=1S/C14H12O/c1-4-12-9-10(2)5-7-13(12)14-8-6-11(3)15-14/h1,5-9H,2-3H3. The van der Waals surface area contributed by atoms with E-state index in [0.717, 1.165) is 28.2 Å². The minimum Gasteiger partial charge on any atom is -0.461 e. The Bertz CT molecular complexity index is 527. The topological polar surface area (TPSA) is 13.1 Å². The summed E-state index contributed by atoms with van der Waals surface area (Å²) in [6, 6.07) is 9.92.